The molecule has 0 N–H and O–H groups in total. The van der Waals surface area contributed by atoms with Crippen LogP contribution in [0.15, 0.2) is 50.0 Å². The van der Waals surface area contributed by atoms with Crippen molar-refractivity contribution in [3.05, 3.63) is 50.0 Å². The highest BCUT2D eigenvalue weighted by atomic mass is 15.1. The maximum absolute atomic E-state index is 4.07. The summed E-state index contributed by atoms with van der Waals surface area (Å²) in [7, 11) is 0. The summed E-state index contributed by atoms with van der Waals surface area (Å²) in [6, 6.07) is 0. The number of unbranched alkanes of at least 4 members (excludes halogenated alkanes) is 11. The fourth-order valence-electron chi connectivity index (χ4n) is 2.86. The van der Waals surface area contributed by atoms with Crippen LogP contribution < -0.4 is 0 Å². The van der Waals surface area contributed by atoms with Gasteiger partial charge < -0.3 is 4.90 Å². The summed E-state index contributed by atoms with van der Waals surface area (Å²) < 4.78 is 0. The van der Waals surface area contributed by atoms with Crippen molar-refractivity contribution in [3.8, 4) is 0 Å². The fourth-order valence-corrected chi connectivity index (χ4v) is 2.86. The maximum Gasteiger partial charge on any atom is 0.0148 e. The first-order valence-corrected chi connectivity index (χ1v) is 10.1. The molecule has 0 bridgehead atoms. The third kappa shape index (κ3) is 14.4. The summed E-state index contributed by atoms with van der Waals surface area (Å²) in [6.07, 6.45) is 26.8. The van der Waals surface area contributed by atoms with Crippen LogP contribution >= 0.6 is 0 Å². The Morgan fingerprint density at radius 1 is 0.708 bits per heavy atom. The van der Waals surface area contributed by atoms with Crippen molar-refractivity contribution in [2.75, 3.05) is 0 Å². The molecule has 0 amide bonds. The summed E-state index contributed by atoms with van der Waals surface area (Å²) >= 11 is 0. The van der Waals surface area contributed by atoms with Crippen molar-refractivity contribution in [2.45, 2.75) is 96.8 Å². The topological polar surface area (TPSA) is 3.24 Å². The molecule has 1 nitrogen and oxygen atoms in total. The quantitative estimate of drug-likeness (QED) is 0.181. The Morgan fingerprint density at radius 3 is 1.67 bits per heavy atom. The Kier molecular flexibility index (Phi) is 17.2. The van der Waals surface area contributed by atoms with E-state index in [1.165, 1.54) is 83.5 Å². The molecule has 138 valence electrons. The summed E-state index contributed by atoms with van der Waals surface area (Å²) in [5, 5.41) is 0. The summed E-state index contributed by atoms with van der Waals surface area (Å²) in [4.78, 5) is 1.91. The Labute approximate surface area is 152 Å². The Morgan fingerprint density at radius 2 is 1.17 bits per heavy atom. The minimum atomic E-state index is 1.04. The zero-order valence-electron chi connectivity index (χ0n) is 16.3. The van der Waals surface area contributed by atoms with E-state index in [4.69, 9.17) is 0 Å². The van der Waals surface area contributed by atoms with Gasteiger partial charge in [-0.15, -0.1) is 0 Å². The highest BCUT2D eigenvalue weighted by Crippen LogP contribution is 2.14. The average Bonchev–Trinajstić information content (AvgIpc) is 2.59. The second-order valence-electron chi connectivity index (χ2n) is 6.67. The first-order chi connectivity index (χ1) is 11.8. The molecule has 0 heterocycles. The first kappa shape index (κ1) is 22.8. The SMILES string of the molecule is C=CN(C=C)C(=C)CCCCCCCC=CCCCCCCCC. The fraction of sp³-hybridized carbons (Fsp3) is 0.652. The van der Waals surface area contributed by atoms with Crippen molar-refractivity contribution in [1.29, 1.82) is 0 Å². The van der Waals surface area contributed by atoms with E-state index in [1.807, 2.05) is 4.90 Å². The molecular weight excluding hydrogens is 290 g/mol. The average molecular weight is 332 g/mol. The van der Waals surface area contributed by atoms with Crippen molar-refractivity contribution < 1.29 is 0 Å². The van der Waals surface area contributed by atoms with Gasteiger partial charge in [-0.3, -0.25) is 0 Å². The van der Waals surface area contributed by atoms with Gasteiger partial charge in [0.05, 0.1) is 0 Å². The van der Waals surface area contributed by atoms with Gasteiger partial charge in [0.15, 0.2) is 0 Å². The van der Waals surface area contributed by atoms with E-state index in [0.29, 0.717) is 0 Å². The van der Waals surface area contributed by atoms with Crippen LogP contribution in [0.25, 0.3) is 0 Å². The van der Waals surface area contributed by atoms with Gasteiger partial charge in [-0.25, -0.2) is 0 Å². The van der Waals surface area contributed by atoms with Gasteiger partial charge >= 0.3 is 0 Å². The largest absolute Gasteiger partial charge is 0.329 e. The van der Waals surface area contributed by atoms with E-state index >= 15 is 0 Å². The van der Waals surface area contributed by atoms with Gasteiger partial charge in [0, 0.05) is 18.1 Å². The van der Waals surface area contributed by atoms with Gasteiger partial charge in [-0.2, -0.15) is 0 Å². The third-order valence-electron chi connectivity index (χ3n) is 4.49. The van der Waals surface area contributed by atoms with Crippen LogP contribution in [0.2, 0.25) is 0 Å². The monoisotopic (exact) mass is 331 g/mol. The molecule has 1 heteroatoms. The minimum absolute atomic E-state index is 1.04. The standard InChI is InChI=1S/C23H41N/c1-5-8-9-10-11-12-13-14-15-16-17-18-19-20-21-22-23(4)24(6-2)7-3/h6-7,14-15H,2-5,8-13,16-22H2,1H3. The van der Waals surface area contributed by atoms with Crippen molar-refractivity contribution in [2.24, 2.45) is 0 Å². The molecule has 0 saturated carbocycles. The second kappa shape index (κ2) is 18.1. The molecule has 0 atom stereocenters. The lowest BCUT2D eigenvalue weighted by Gasteiger charge is -2.17. The van der Waals surface area contributed by atoms with Crippen LogP contribution in [0.3, 0.4) is 0 Å². The van der Waals surface area contributed by atoms with Crippen LogP contribution in [-0.2, 0) is 0 Å². The minimum Gasteiger partial charge on any atom is -0.329 e. The van der Waals surface area contributed by atoms with Gasteiger partial charge in [0.25, 0.3) is 0 Å². The molecule has 0 rings (SSSR count). The van der Waals surface area contributed by atoms with E-state index in [9.17, 15) is 0 Å². The van der Waals surface area contributed by atoms with Gasteiger partial charge in [-0.05, 0) is 38.5 Å². The highest BCUT2D eigenvalue weighted by molar-refractivity contribution is 5.02. The zero-order valence-corrected chi connectivity index (χ0v) is 16.3. The van der Waals surface area contributed by atoms with Crippen LogP contribution in [0.1, 0.15) is 96.8 Å². The maximum atomic E-state index is 4.07. The van der Waals surface area contributed by atoms with Crippen molar-refractivity contribution >= 4 is 0 Å². The summed E-state index contributed by atoms with van der Waals surface area (Å²) in [5.41, 5.74) is 1.10. The molecule has 0 aliphatic carbocycles. The lowest BCUT2D eigenvalue weighted by Crippen LogP contribution is -2.06. The predicted molar refractivity (Wildman–Crippen MR) is 111 cm³/mol. The second-order valence-corrected chi connectivity index (χ2v) is 6.67. The normalized spacial score (nSPS) is 10.9. The predicted octanol–water partition coefficient (Wildman–Crippen LogP) is 8.13. The van der Waals surface area contributed by atoms with Gasteiger partial charge in [0.2, 0.25) is 0 Å². The summed E-state index contributed by atoms with van der Waals surface area (Å²) in [6.45, 7) is 13.9. The number of nitrogens with zero attached hydrogens (tertiary/aromatic N) is 1. The van der Waals surface area contributed by atoms with E-state index in [2.05, 4.69) is 38.8 Å². The van der Waals surface area contributed by atoms with Crippen molar-refractivity contribution in [1.82, 2.24) is 4.90 Å². The molecule has 0 unspecified atom stereocenters. The van der Waals surface area contributed by atoms with Crippen LogP contribution in [0.5, 0.6) is 0 Å². The number of allylic oxidation sites excluding steroid dienone is 3. The first-order valence-electron chi connectivity index (χ1n) is 10.1. The molecular formula is C23H41N. The lowest BCUT2D eigenvalue weighted by atomic mass is 10.1. The summed E-state index contributed by atoms with van der Waals surface area (Å²) in [5.74, 6) is 0. The molecule has 0 saturated heterocycles. The molecule has 24 heavy (non-hydrogen) atoms. The van der Waals surface area contributed by atoms with Gasteiger partial charge in [0.1, 0.15) is 0 Å². The molecule has 0 aromatic heterocycles. The third-order valence-corrected chi connectivity index (χ3v) is 4.49. The lowest BCUT2D eigenvalue weighted by molar-refractivity contribution is 0.552. The molecule has 0 aliphatic rings. The molecule has 0 fully saturated rings. The number of hydrogen-bond acceptors (Lipinski definition) is 1. The zero-order chi connectivity index (χ0) is 17.9. The Bertz CT molecular complexity index is 332. The highest BCUT2D eigenvalue weighted by Gasteiger charge is 1.99. The molecule has 0 aromatic rings. The van der Waals surface area contributed by atoms with Crippen molar-refractivity contribution in [3.63, 3.8) is 0 Å². The Hall–Kier alpha value is -1.24. The van der Waals surface area contributed by atoms with Crippen LogP contribution in [0, 0.1) is 0 Å². The molecule has 0 aliphatic heterocycles. The number of hydrogen-bond donors (Lipinski definition) is 0. The van der Waals surface area contributed by atoms with E-state index in [0.717, 1.165) is 12.1 Å². The molecule has 0 aromatic carbocycles. The smallest absolute Gasteiger partial charge is 0.0148 e. The molecule has 0 radical (unpaired) electrons. The van der Waals surface area contributed by atoms with E-state index in [1.54, 1.807) is 12.4 Å². The van der Waals surface area contributed by atoms with E-state index in [-0.39, 0.29) is 0 Å². The van der Waals surface area contributed by atoms with Crippen LogP contribution in [0.4, 0.5) is 0 Å². The van der Waals surface area contributed by atoms with E-state index < -0.39 is 0 Å². The van der Waals surface area contributed by atoms with Gasteiger partial charge in [-0.1, -0.05) is 90.2 Å². The van der Waals surface area contributed by atoms with Crippen LogP contribution in [-0.4, -0.2) is 4.90 Å². The Balaban J connectivity index is 3.30. The number of rotatable bonds is 18. The molecule has 0 spiro atoms.